The number of amides is 3. The molecule has 1 aromatic heterocycles. The average molecular weight is 408 g/mol. The number of anilines is 1. The molecular weight excluding hydrogens is 392 g/mol. The molecule has 0 radical (unpaired) electrons. The molecule has 0 saturated carbocycles. The van der Waals surface area contributed by atoms with Crippen molar-refractivity contribution >= 4 is 23.6 Å². The first-order valence-corrected chi connectivity index (χ1v) is 7.70. The lowest BCUT2D eigenvalue weighted by Crippen LogP contribution is -2.35. The van der Waals surface area contributed by atoms with Gasteiger partial charge in [0.1, 0.15) is 11.3 Å². The van der Waals surface area contributed by atoms with Gasteiger partial charge in [0.2, 0.25) is 11.7 Å². The average Bonchev–Trinajstić information content (AvgIpc) is 2.71. The predicted molar refractivity (Wildman–Crippen MR) is 95.6 cm³/mol. The van der Waals surface area contributed by atoms with Crippen molar-refractivity contribution in [3.63, 3.8) is 0 Å². The molecule has 0 saturated heterocycles. The Bertz CT molecular complexity index is 928. The molecule has 0 fully saturated rings. The summed E-state index contributed by atoms with van der Waals surface area (Å²) in [4.78, 5) is 46.5. The molecule has 0 atom stereocenters. The van der Waals surface area contributed by atoms with Crippen molar-refractivity contribution in [3.8, 4) is 23.5 Å². The molecule has 0 aliphatic heterocycles. The van der Waals surface area contributed by atoms with Crippen molar-refractivity contribution in [1.82, 2.24) is 20.3 Å². The monoisotopic (exact) mass is 408 g/mol. The highest BCUT2D eigenvalue weighted by molar-refractivity contribution is 6.10. The molecule has 1 heterocycles. The van der Waals surface area contributed by atoms with E-state index in [1.165, 1.54) is 27.4 Å². The van der Waals surface area contributed by atoms with E-state index in [-0.39, 0.29) is 35.0 Å². The van der Waals surface area contributed by atoms with Gasteiger partial charge in [-0.25, -0.2) is 4.79 Å². The number of aromatic nitrogens is 3. The number of benzene rings is 1. The molecule has 154 valence electrons. The summed E-state index contributed by atoms with van der Waals surface area (Å²) in [7, 11) is 4.98. The molecule has 14 heteroatoms. The molecule has 0 aliphatic rings. The summed E-state index contributed by atoms with van der Waals surface area (Å²) in [6.07, 6.45) is 0. The Hall–Kier alpha value is -4.23. The third-order valence-electron chi connectivity index (χ3n) is 3.36. The number of carbonyl (C=O) groups excluding carboxylic acids is 2. The fourth-order valence-corrected chi connectivity index (χ4v) is 2.16. The van der Waals surface area contributed by atoms with Gasteiger partial charge < -0.3 is 18.9 Å². The maximum Gasteiger partial charge on any atom is 0.328 e. The largest absolute Gasteiger partial charge is 0.496 e. The normalized spacial score (nSPS) is 9.93. The van der Waals surface area contributed by atoms with Gasteiger partial charge in [-0.2, -0.15) is 9.97 Å². The molecule has 1 aromatic carbocycles. The van der Waals surface area contributed by atoms with Gasteiger partial charge >= 0.3 is 23.7 Å². The zero-order valence-electron chi connectivity index (χ0n) is 15.7. The lowest BCUT2D eigenvalue weighted by molar-refractivity contribution is -0.385. The number of nitro benzene ring substituents is 1. The first kappa shape index (κ1) is 21.1. The summed E-state index contributed by atoms with van der Waals surface area (Å²) in [6, 6.07) is 0.995. The standard InChI is InChI=1S/C15H16N6O8/c1-26-8-6-5-7(21(24)25)10(27-2)9(8)11(22)16-13(23)17-12-18-14(28-3)20-15(19-12)29-4/h5-6H,1-4H3,(H2,16,17,18,19,20,22,23). The SMILES string of the molecule is COc1nc(NC(=O)NC(=O)c2c(OC)ccc([N+](=O)[O-])c2OC)nc(OC)n1. The number of rotatable bonds is 7. The van der Waals surface area contributed by atoms with E-state index in [2.05, 4.69) is 20.3 Å². The Morgan fingerprint density at radius 3 is 2.07 bits per heavy atom. The van der Waals surface area contributed by atoms with Gasteiger partial charge in [0.25, 0.3) is 5.91 Å². The van der Waals surface area contributed by atoms with E-state index in [4.69, 9.17) is 18.9 Å². The molecule has 2 N–H and O–H groups in total. The van der Waals surface area contributed by atoms with Crippen molar-refractivity contribution in [3.05, 3.63) is 27.8 Å². The van der Waals surface area contributed by atoms with Gasteiger partial charge in [-0.05, 0) is 6.07 Å². The Morgan fingerprint density at radius 1 is 0.966 bits per heavy atom. The van der Waals surface area contributed by atoms with Gasteiger partial charge in [0, 0.05) is 6.07 Å². The number of hydrogen-bond acceptors (Lipinski definition) is 11. The number of nitrogens with zero attached hydrogens (tertiary/aromatic N) is 4. The number of urea groups is 1. The molecule has 3 amide bonds. The summed E-state index contributed by atoms with van der Waals surface area (Å²) < 4.78 is 19.7. The molecule has 2 aromatic rings. The van der Waals surface area contributed by atoms with E-state index in [1.54, 1.807) is 0 Å². The van der Waals surface area contributed by atoms with Crippen LogP contribution in [-0.4, -0.2) is 60.3 Å². The van der Waals surface area contributed by atoms with Gasteiger partial charge in [0.05, 0.1) is 33.4 Å². The molecule has 14 nitrogen and oxygen atoms in total. The lowest BCUT2D eigenvalue weighted by Gasteiger charge is -2.13. The number of methoxy groups -OCH3 is 4. The number of nitrogens with one attached hydrogen (secondary N) is 2. The van der Waals surface area contributed by atoms with Crippen molar-refractivity contribution in [1.29, 1.82) is 0 Å². The smallest absolute Gasteiger partial charge is 0.328 e. The van der Waals surface area contributed by atoms with Crippen LogP contribution in [0.15, 0.2) is 12.1 Å². The van der Waals surface area contributed by atoms with E-state index in [9.17, 15) is 19.7 Å². The molecule has 0 aliphatic carbocycles. The zero-order valence-corrected chi connectivity index (χ0v) is 15.7. The molecule has 2 rings (SSSR count). The Kier molecular flexibility index (Phi) is 6.62. The van der Waals surface area contributed by atoms with E-state index in [0.717, 1.165) is 13.2 Å². The topological polar surface area (TPSA) is 177 Å². The predicted octanol–water partition coefficient (Wildman–Crippen LogP) is 0.776. The number of imide groups is 1. The van der Waals surface area contributed by atoms with Crippen LogP contribution in [-0.2, 0) is 0 Å². The van der Waals surface area contributed by atoms with Crippen LogP contribution in [0.5, 0.6) is 23.5 Å². The van der Waals surface area contributed by atoms with Gasteiger partial charge in [-0.15, -0.1) is 4.98 Å². The molecule has 0 unspecified atom stereocenters. The second-order valence-electron chi connectivity index (χ2n) is 4.99. The van der Waals surface area contributed by atoms with Crippen LogP contribution >= 0.6 is 0 Å². The highest BCUT2D eigenvalue weighted by Gasteiger charge is 2.28. The molecule has 29 heavy (non-hydrogen) atoms. The highest BCUT2D eigenvalue weighted by atomic mass is 16.6. The summed E-state index contributed by atoms with van der Waals surface area (Å²) >= 11 is 0. The minimum absolute atomic E-state index is 0.0405. The van der Waals surface area contributed by atoms with Gasteiger partial charge in [0.15, 0.2) is 0 Å². The van der Waals surface area contributed by atoms with Crippen LogP contribution in [0.2, 0.25) is 0 Å². The summed E-state index contributed by atoms with van der Waals surface area (Å²) in [5.74, 6) is -1.70. The first-order chi connectivity index (χ1) is 13.8. The van der Waals surface area contributed by atoms with Crippen LogP contribution in [0.25, 0.3) is 0 Å². The van der Waals surface area contributed by atoms with Gasteiger partial charge in [-0.1, -0.05) is 0 Å². The molecule has 0 bridgehead atoms. The maximum absolute atomic E-state index is 12.6. The second kappa shape index (κ2) is 9.12. The van der Waals surface area contributed by atoms with Crippen molar-refractivity contribution < 1.29 is 33.5 Å². The van der Waals surface area contributed by atoms with E-state index < -0.39 is 22.5 Å². The number of nitro groups is 1. The highest BCUT2D eigenvalue weighted by Crippen LogP contribution is 2.36. The van der Waals surface area contributed by atoms with E-state index >= 15 is 0 Å². The minimum Gasteiger partial charge on any atom is -0.496 e. The Labute approximate surface area is 163 Å². The van der Waals surface area contributed by atoms with Crippen molar-refractivity contribution in [2.24, 2.45) is 0 Å². The Morgan fingerprint density at radius 2 is 1.59 bits per heavy atom. The van der Waals surface area contributed by atoms with Crippen LogP contribution < -0.4 is 29.6 Å². The zero-order chi connectivity index (χ0) is 21.6. The number of ether oxygens (including phenoxy) is 4. The first-order valence-electron chi connectivity index (χ1n) is 7.70. The second-order valence-corrected chi connectivity index (χ2v) is 4.99. The number of carbonyl (C=O) groups is 2. The van der Waals surface area contributed by atoms with E-state index in [1.807, 2.05) is 5.32 Å². The molecular formula is C15H16N6O8. The van der Waals surface area contributed by atoms with Crippen LogP contribution in [0.4, 0.5) is 16.4 Å². The molecule has 0 spiro atoms. The fourth-order valence-electron chi connectivity index (χ4n) is 2.16. The Balaban J connectivity index is 2.29. The lowest BCUT2D eigenvalue weighted by atomic mass is 10.1. The third-order valence-corrected chi connectivity index (χ3v) is 3.36. The maximum atomic E-state index is 12.6. The van der Waals surface area contributed by atoms with Crippen molar-refractivity contribution in [2.75, 3.05) is 33.8 Å². The van der Waals surface area contributed by atoms with E-state index in [0.29, 0.717) is 0 Å². The summed E-state index contributed by atoms with van der Waals surface area (Å²) in [6.45, 7) is 0. The summed E-state index contributed by atoms with van der Waals surface area (Å²) in [5.41, 5.74) is -0.823. The third kappa shape index (κ3) is 4.74. The van der Waals surface area contributed by atoms with Crippen molar-refractivity contribution in [2.45, 2.75) is 0 Å². The quantitative estimate of drug-likeness (QED) is 0.488. The van der Waals surface area contributed by atoms with Crippen LogP contribution in [0, 0.1) is 10.1 Å². The van der Waals surface area contributed by atoms with Gasteiger partial charge in [-0.3, -0.25) is 25.5 Å². The van der Waals surface area contributed by atoms with Crippen LogP contribution in [0.3, 0.4) is 0 Å². The van der Waals surface area contributed by atoms with Crippen LogP contribution in [0.1, 0.15) is 10.4 Å². The number of hydrogen-bond donors (Lipinski definition) is 2. The summed E-state index contributed by atoms with van der Waals surface area (Å²) in [5, 5.41) is 15.3. The minimum atomic E-state index is -1.04. The fraction of sp³-hybridized carbons (Fsp3) is 0.267.